The second-order valence-corrected chi connectivity index (χ2v) is 7.36. The van der Waals surface area contributed by atoms with E-state index in [1.807, 2.05) is 25.6 Å². The van der Waals surface area contributed by atoms with Crippen LogP contribution in [0.3, 0.4) is 0 Å². The Kier molecular flexibility index (Phi) is 5.16. The van der Waals surface area contributed by atoms with Crippen molar-refractivity contribution in [2.45, 2.75) is 63.4 Å². The minimum absolute atomic E-state index is 0.0116. The fourth-order valence-corrected chi connectivity index (χ4v) is 3.84. The van der Waals surface area contributed by atoms with E-state index in [9.17, 15) is 4.79 Å². The van der Waals surface area contributed by atoms with Crippen molar-refractivity contribution in [3.63, 3.8) is 0 Å². The Labute approximate surface area is 104 Å². The third-order valence-electron chi connectivity index (χ3n) is 2.95. The molecule has 0 amide bonds. The molecule has 94 valence electrons. The lowest BCUT2D eigenvalue weighted by atomic mass is 10.1. The minimum atomic E-state index is -0.0596. The number of rotatable bonds is 5. The van der Waals surface area contributed by atoms with Crippen LogP contribution in [-0.4, -0.2) is 22.6 Å². The molecule has 0 bridgehead atoms. The summed E-state index contributed by atoms with van der Waals surface area (Å²) in [5.41, 5.74) is 0. The number of carbonyl (C=O) groups excluding carboxylic acids is 1. The molecule has 0 saturated heterocycles. The Morgan fingerprint density at radius 2 is 1.81 bits per heavy atom. The molecule has 1 aliphatic carbocycles. The van der Waals surface area contributed by atoms with Crippen LogP contribution in [0.15, 0.2) is 0 Å². The summed E-state index contributed by atoms with van der Waals surface area (Å²) in [7, 11) is 0. The van der Waals surface area contributed by atoms with Gasteiger partial charge in [0.15, 0.2) is 0 Å². The average Bonchev–Trinajstić information content (AvgIpc) is 2.62. The van der Waals surface area contributed by atoms with Crippen molar-refractivity contribution in [1.29, 1.82) is 0 Å². The maximum atomic E-state index is 11.5. The summed E-state index contributed by atoms with van der Waals surface area (Å²) in [6.45, 7) is 8.81. The molecule has 0 radical (unpaired) electrons. The second-order valence-electron chi connectivity index (χ2n) is 5.32. The van der Waals surface area contributed by atoms with E-state index in [1.54, 1.807) is 0 Å². The first kappa shape index (κ1) is 13.9. The molecule has 2 nitrogen and oxygen atoms in total. The standard InChI is InChI=1S/C13H24O2S/c1-10(2)12(14)15-9-13(16-11(3)4)7-5-6-8-13/h10-11H,5-9H2,1-4H3. The first-order valence-corrected chi connectivity index (χ1v) is 7.18. The Balaban J connectivity index is 2.48. The highest BCUT2D eigenvalue weighted by molar-refractivity contribution is 8.01. The summed E-state index contributed by atoms with van der Waals surface area (Å²) in [5.74, 6) is -0.0712. The minimum Gasteiger partial charge on any atom is -0.464 e. The molecule has 3 heteroatoms. The molecular formula is C13H24O2S. The predicted molar refractivity (Wildman–Crippen MR) is 69.7 cm³/mol. The highest BCUT2D eigenvalue weighted by Crippen LogP contribution is 2.43. The zero-order valence-corrected chi connectivity index (χ0v) is 11.7. The number of hydrogen-bond acceptors (Lipinski definition) is 3. The lowest BCUT2D eigenvalue weighted by Crippen LogP contribution is -2.31. The van der Waals surface area contributed by atoms with Crippen molar-refractivity contribution in [2.24, 2.45) is 5.92 Å². The zero-order valence-electron chi connectivity index (χ0n) is 10.9. The van der Waals surface area contributed by atoms with Crippen LogP contribution in [0.5, 0.6) is 0 Å². The van der Waals surface area contributed by atoms with Crippen LogP contribution in [0, 0.1) is 5.92 Å². The van der Waals surface area contributed by atoms with Gasteiger partial charge in [-0.25, -0.2) is 0 Å². The van der Waals surface area contributed by atoms with E-state index in [-0.39, 0.29) is 16.6 Å². The van der Waals surface area contributed by atoms with Crippen molar-refractivity contribution in [3.8, 4) is 0 Å². The van der Waals surface area contributed by atoms with Gasteiger partial charge in [0.2, 0.25) is 0 Å². The molecule has 16 heavy (non-hydrogen) atoms. The van der Waals surface area contributed by atoms with Crippen LogP contribution < -0.4 is 0 Å². The van der Waals surface area contributed by atoms with E-state index in [0.717, 1.165) is 0 Å². The van der Waals surface area contributed by atoms with Gasteiger partial charge in [0.1, 0.15) is 6.61 Å². The molecule has 0 aromatic carbocycles. The molecule has 0 spiro atoms. The average molecular weight is 244 g/mol. The van der Waals surface area contributed by atoms with Crippen molar-refractivity contribution in [2.75, 3.05) is 6.61 Å². The highest BCUT2D eigenvalue weighted by atomic mass is 32.2. The van der Waals surface area contributed by atoms with Crippen LogP contribution in [-0.2, 0) is 9.53 Å². The Hall–Kier alpha value is -0.180. The van der Waals surface area contributed by atoms with Gasteiger partial charge in [-0.1, -0.05) is 40.5 Å². The quantitative estimate of drug-likeness (QED) is 0.691. The number of ether oxygens (including phenoxy) is 1. The van der Waals surface area contributed by atoms with E-state index in [0.29, 0.717) is 11.9 Å². The van der Waals surface area contributed by atoms with Gasteiger partial charge in [0.05, 0.1) is 10.7 Å². The molecule has 1 rings (SSSR count). The number of hydrogen-bond donors (Lipinski definition) is 0. The number of carbonyl (C=O) groups is 1. The lowest BCUT2D eigenvalue weighted by Gasteiger charge is -2.30. The Bertz CT molecular complexity index is 230. The summed E-state index contributed by atoms with van der Waals surface area (Å²) in [5, 5.41) is 0.607. The van der Waals surface area contributed by atoms with Crippen LogP contribution in [0.1, 0.15) is 53.4 Å². The molecule has 1 saturated carbocycles. The van der Waals surface area contributed by atoms with E-state index in [4.69, 9.17) is 4.74 Å². The summed E-state index contributed by atoms with van der Waals surface area (Å²) < 4.78 is 5.64. The van der Waals surface area contributed by atoms with Crippen molar-refractivity contribution < 1.29 is 9.53 Å². The molecular weight excluding hydrogens is 220 g/mol. The SMILES string of the molecule is CC(C)SC1(COC(=O)C(C)C)CCCC1. The summed E-state index contributed by atoms with van der Waals surface area (Å²) in [6, 6.07) is 0. The molecule has 0 heterocycles. The maximum Gasteiger partial charge on any atom is 0.308 e. The van der Waals surface area contributed by atoms with Crippen molar-refractivity contribution >= 4 is 17.7 Å². The third-order valence-corrected chi connectivity index (χ3v) is 4.45. The summed E-state index contributed by atoms with van der Waals surface area (Å²) >= 11 is 1.99. The Morgan fingerprint density at radius 3 is 2.25 bits per heavy atom. The van der Waals surface area contributed by atoms with Gasteiger partial charge in [-0.05, 0) is 18.1 Å². The molecule has 0 atom stereocenters. The van der Waals surface area contributed by atoms with Gasteiger partial charge in [-0.15, -0.1) is 11.8 Å². The second kappa shape index (κ2) is 5.95. The normalized spacial score (nSPS) is 19.4. The molecule has 0 aromatic heterocycles. The van der Waals surface area contributed by atoms with E-state index in [1.165, 1.54) is 25.7 Å². The summed E-state index contributed by atoms with van der Waals surface area (Å²) in [4.78, 5) is 11.5. The molecule has 0 unspecified atom stereocenters. The van der Waals surface area contributed by atoms with Crippen LogP contribution in [0.25, 0.3) is 0 Å². The topological polar surface area (TPSA) is 26.3 Å². The van der Waals surface area contributed by atoms with Gasteiger partial charge in [0, 0.05) is 0 Å². The van der Waals surface area contributed by atoms with Gasteiger partial charge in [0.25, 0.3) is 0 Å². The van der Waals surface area contributed by atoms with E-state index in [2.05, 4.69) is 13.8 Å². The monoisotopic (exact) mass is 244 g/mol. The maximum absolute atomic E-state index is 11.5. The lowest BCUT2D eigenvalue weighted by molar-refractivity contribution is -0.148. The highest BCUT2D eigenvalue weighted by Gasteiger charge is 2.36. The first-order valence-electron chi connectivity index (χ1n) is 6.30. The number of thioether (sulfide) groups is 1. The largest absolute Gasteiger partial charge is 0.464 e. The molecule has 0 aromatic rings. The molecule has 1 fully saturated rings. The fraction of sp³-hybridized carbons (Fsp3) is 0.923. The number of esters is 1. The van der Waals surface area contributed by atoms with Crippen LogP contribution >= 0.6 is 11.8 Å². The zero-order chi connectivity index (χ0) is 12.2. The van der Waals surface area contributed by atoms with E-state index >= 15 is 0 Å². The molecule has 0 N–H and O–H groups in total. The van der Waals surface area contributed by atoms with Crippen LogP contribution in [0.4, 0.5) is 0 Å². The van der Waals surface area contributed by atoms with Gasteiger partial charge in [-0.3, -0.25) is 4.79 Å². The van der Waals surface area contributed by atoms with Crippen molar-refractivity contribution in [3.05, 3.63) is 0 Å². The smallest absolute Gasteiger partial charge is 0.308 e. The Morgan fingerprint density at radius 1 is 1.25 bits per heavy atom. The third kappa shape index (κ3) is 4.00. The van der Waals surface area contributed by atoms with Crippen LogP contribution in [0.2, 0.25) is 0 Å². The van der Waals surface area contributed by atoms with Gasteiger partial charge < -0.3 is 4.74 Å². The first-order chi connectivity index (χ1) is 7.45. The van der Waals surface area contributed by atoms with Crippen molar-refractivity contribution in [1.82, 2.24) is 0 Å². The fourth-order valence-electron chi connectivity index (χ4n) is 2.18. The molecule has 1 aliphatic rings. The predicted octanol–water partition coefficient (Wildman–Crippen LogP) is 3.64. The van der Waals surface area contributed by atoms with E-state index < -0.39 is 0 Å². The van der Waals surface area contributed by atoms with Gasteiger partial charge >= 0.3 is 5.97 Å². The van der Waals surface area contributed by atoms with Gasteiger partial charge in [-0.2, -0.15) is 0 Å². The summed E-state index contributed by atoms with van der Waals surface area (Å²) in [6.07, 6.45) is 4.94. The molecule has 0 aliphatic heterocycles.